The monoisotopic (exact) mass is 407 g/mol. The molecule has 1 saturated heterocycles. The zero-order valence-corrected chi connectivity index (χ0v) is 17.5. The molecule has 0 unspecified atom stereocenters. The van der Waals surface area contributed by atoms with Crippen molar-refractivity contribution in [2.75, 3.05) is 18.5 Å². The van der Waals surface area contributed by atoms with E-state index in [0.29, 0.717) is 11.4 Å². The van der Waals surface area contributed by atoms with E-state index in [2.05, 4.69) is 4.98 Å². The van der Waals surface area contributed by atoms with Crippen LogP contribution in [0.4, 0.5) is 11.5 Å². The molecule has 1 aliphatic rings. The molecule has 6 heteroatoms. The fraction of sp³-hybridized carbons (Fsp3) is 0.261. The zero-order chi connectivity index (χ0) is 20.4. The maximum atomic E-state index is 13.2. The second kappa shape index (κ2) is 7.97. The van der Waals surface area contributed by atoms with Crippen LogP contribution in [-0.4, -0.2) is 31.3 Å². The molecule has 2 aromatic carbocycles. The lowest BCUT2D eigenvalue weighted by molar-refractivity contribution is 0.396. The number of sulfonamides is 1. The van der Waals surface area contributed by atoms with Crippen molar-refractivity contribution in [1.29, 1.82) is 0 Å². The molecular weight excluding hydrogens is 382 g/mol. The molecule has 29 heavy (non-hydrogen) atoms. The lowest BCUT2D eigenvalue weighted by Gasteiger charge is -2.25. The Bertz CT molecular complexity index is 1070. The van der Waals surface area contributed by atoms with Crippen molar-refractivity contribution >= 4 is 21.5 Å². The third-order valence-electron chi connectivity index (χ3n) is 5.47. The highest BCUT2D eigenvalue weighted by molar-refractivity contribution is 7.89. The Morgan fingerprint density at radius 2 is 1.72 bits per heavy atom. The Morgan fingerprint density at radius 3 is 2.38 bits per heavy atom. The number of anilines is 2. The van der Waals surface area contributed by atoms with Crippen molar-refractivity contribution in [3.63, 3.8) is 0 Å². The van der Waals surface area contributed by atoms with Crippen LogP contribution in [0.1, 0.15) is 30.0 Å². The number of aromatic nitrogens is 1. The van der Waals surface area contributed by atoms with E-state index in [4.69, 9.17) is 0 Å². The summed E-state index contributed by atoms with van der Waals surface area (Å²) in [6.45, 7) is 2.49. The summed E-state index contributed by atoms with van der Waals surface area (Å²) in [5.41, 5.74) is 3.03. The molecule has 4 rings (SSSR count). The van der Waals surface area contributed by atoms with Gasteiger partial charge in [-0.3, -0.25) is 0 Å². The van der Waals surface area contributed by atoms with Crippen molar-refractivity contribution in [2.24, 2.45) is 0 Å². The fourth-order valence-corrected chi connectivity index (χ4v) is 5.47. The van der Waals surface area contributed by atoms with Crippen LogP contribution in [0.15, 0.2) is 77.8 Å². The van der Waals surface area contributed by atoms with Crippen LogP contribution in [0.2, 0.25) is 0 Å². The first-order chi connectivity index (χ1) is 14.0. The van der Waals surface area contributed by atoms with Crippen LogP contribution >= 0.6 is 0 Å². The number of hydrogen-bond donors (Lipinski definition) is 0. The van der Waals surface area contributed by atoms with Gasteiger partial charge in [0.05, 0.1) is 10.9 Å². The third kappa shape index (κ3) is 3.91. The van der Waals surface area contributed by atoms with Crippen LogP contribution in [0.5, 0.6) is 0 Å². The maximum Gasteiger partial charge on any atom is 0.243 e. The van der Waals surface area contributed by atoms with E-state index in [1.165, 1.54) is 0 Å². The van der Waals surface area contributed by atoms with E-state index in [9.17, 15) is 8.42 Å². The van der Waals surface area contributed by atoms with Gasteiger partial charge in [0.2, 0.25) is 10.0 Å². The summed E-state index contributed by atoms with van der Waals surface area (Å²) < 4.78 is 28.0. The normalized spacial score (nSPS) is 17.4. The Balaban J connectivity index is 1.58. The molecule has 0 N–H and O–H groups in total. The van der Waals surface area contributed by atoms with Crippen molar-refractivity contribution in [3.8, 4) is 0 Å². The van der Waals surface area contributed by atoms with Gasteiger partial charge in [-0.05, 0) is 55.7 Å². The average Bonchev–Trinajstić information content (AvgIpc) is 3.25. The van der Waals surface area contributed by atoms with Gasteiger partial charge in [-0.25, -0.2) is 13.4 Å². The second-order valence-electron chi connectivity index (χ2n) is 7.43. The van der Waals surface area contributed by atoms with Crippen LogP contribution in [0.25, 0.3) is 0 Å². The van der Waals surface area contributed by atoms with Crippen LogP contribution in [0.3, 0.4) is 0 Å². The van der Waals surface area contributed by atoms with E-state index in [1.807, 2.05) is 79.7 Å². The summed E-state index contributed by atoms with van der Waals surface area (Å²) in [6, 6.07) is 20.9. The molecule has 0 bridgehead atoms. The van der Waals surface area contributed by atoms with Crippen molar-refractivity contribution in [3.05, 3.63) is 84.1 Å². The molecule has 0 spiro atoms. The predicted molar refractivity (Wildman–Crippen MR) is 116 cm³/mol. The quantitative estimate of drug-likeness (QED) is 0.616. The van der Waals surface area contributed by atoms with Crippen molar-refractivity contribution < 1.29 is 8.42 Å². The fourth-order valence-electron chi connectivity index (χ4n) is 3.78. The van der Waals surface area contributed by atoms with Gasteiger partial charge in [0.25, 0.3) is 0 Å². The molecule has 1 atom stereocenters. The Kier molecular flexibility index (Phi) is 5.39. The first-order valence-electron chi connectivity index (χ1n) is 9.80. The van der Waals surface area contributed by atoms with Gasteiger partial charge in [0.1, 0.15) is 5.82 Å². The van der Waals surface area contributed by atoms with Crippen LogP contribution in [-0.2, 0) is 10.0 Å². The summed E-state index contributed by atoms with van der Waals surface area (Å²) in [5.74, 6) is 0.825. The van der Waals surface area contributed by atoms with Crippen molar-refractivity contribution in [2.45, 2.75) is 30.7 Å². The van der Waals surface area contributed by atoms with Gasteiger partial charge in [0.15, 0.2) is 0 Å². The smallest absolute Gasteiger partial charge is 0.243 e. The molecule has 0 amide bonds. The summed E-state index contributed by atoms with van der Waals surface area (Å²) in [7, 11) is -1.55. The number of benzene rings is 2. The number of hydrogen-bond acceptors (Lipinski definition) is 4. The highest BCUT2D eigenvalue weighted by Crippen LogP contribution is 2.37. The minimum atomic E-state index is -3.53. The van der Waals surface area contributed by atoms with Crippen LogP contribution < -0.4 is 4.90 Å². The van der Waals surface area contributed by atoms with Gasteiger partial charge < -0.3 is 4.90 Å². The summed E-state index contributed by atoms with van der Waals surface area (Å²) in [4.78, 5) is 6.97. The molecule has 0 radical (unpaired) electrons. The first kappa shape index (κ1) is 19.6. The second-order valence-corrected chi connectivity index (χ2v) is 9.32. The largest absolute Gasteiger partial charge is 0.329 e. The van der Waals surface area contributed by atoms with E-state index in [0.717, 1.165) is 35.5 Å². The summed E-state index contributed by atoms with van der Waals surface area (Å²) >= 11 is 0. The van der Waals surface area contributed by atoms with E-state index in [-0.39, 0.29) is 6.04 Å². The SMILES string of the molecule is Cc1ccc(S(=O)(=O)N2CCC[C@@H]2c2ccc(N(C)c3ccccc3)nc2)cc1. The van der Waals surface area contributed by atoms with Gasteiger partial charge in [-0.1, -0.05) is 42.0 Å². The Labute approximate surface area is 172 Å². The minimum Gasteiger partial charge on any atom is -0.329 e. The molecule has 150 valence electrons. The molecular formula is C23H25N3O2S. The predicted octanol–water partition coefficient (Wildman–Crippen LogP) is 4.68. The number of pyridine rings is 1. The maximum absolute atomic E-state index is 13.2. The first-order valence-corrected chi connectivity index (χ1v) is 11.2. The highest BCUT2D eigenvalue weighted by Gasteiger charge is 2.36. The lowest BCUT2D eigenvalue weighted by atomic mass is 10.1. The summed E-state index contributed by atoms with van der Waals surface area (Å²) in [5, 5.41) is 0. The molecule has 0 saturated carbocycles. The molecule has 1 fully saturated rings. The molecule has 1 aromatic heterocycles. The number of aryl methyl sites for hydroxylation is 1. The lowest BCUT2D eigenvalue weighted by Crippen LogP contribution is -2.30. The number of nitrogens with zero attached hydrogens (tertiary/aromatic N) is 3. The third-order valence-corrected chi connectivity index (χ3v) is 7.40. The standard InChI is InChI=1S/C23H25N3O2S/c1-18-10-13-21(14-11-18)29(27,28)26-16-6-9-22(26)19-12-15-23(24-17-19)25(2)20-7-4-3-5-8-20/h3-5,7-8,10-15,17,22H,6,9,16H2,1-2H3/t22-/m1/s1. The van der Waals surface area contributed by atoms with Gasteiger partial charge >= 0.3 is 0 Å². The molecule has 3 aromatic rings. The number of para-hydroxylation sites is 1. The van der Waals surface area contributed by atoms with E-state index >= 15 is 0 Å². The van der Waals surface area contributed by atoms with E-state index < -0.39 is 10.0 Å². The average molecular weight is 408 g/mol. The summed E-state index contributed by atoms with van der Waals surface area (Å²) in [6.07, 6.45) is 3.46. The minimum absolute atomic E-state index is 0.176. The van der Waals surface area contributed by atoms with Crippen molar-refractivity contribution in [1.82, 2.24) is 9.29 Å². The topological polar surface area (TPSA) is 53.5 Å². The molecule has 0 aliphatic carbocycles. The molecule has 2 heterocycles. The Hall–Kier alpha value is -2.70. The van der Waals surface area contributed by atoms with Gasteiger partial charge in [0, 0.05) is 25.5 Å². The van der Waals surface area contributed by atoms with E-state index in [1.54, 1.807) is 16.4 Å². The van der Waals surface area contributed by atoms with Gasteiger partial charge in [-0.2, -0.15) is 4.31 Å². The molecule has 1 aliphatic heterocycles. The highest BCUT2D eigenvalue weighted by atomic mass is 32.2. The van der Waals surface area contributed by atoms with Gasteiger partial charge in [-0.15, -0.1) is 0 Å². The zero-order valence-electron chi connectivity index (χ0n) is 16.7. The van der Waals surface area contributed by atoms with Crippen LogP contribution in [0, 0.1) is 6.92 Å². The number of rotatable bonds is 5. The Morgan fingerprint density at radius 1 is 1.00 bits per heavy atom. The molecule has 5 nitrogen and oxygen atoms in total.